The Hall–Kier alpha value is -2.33. The molecule has 1 aliphatic carbocycles. The van der Waals surface area contributed by atoms with Gasteiger partial charge in [-0.3, -0.25) is 9.59 Å². The van der Waals surface area contributed by atoms with Crippen LogP contribution in [-0.2, 0) is 22.6 Å². The van der Waals surface area contributed by atoms with Gasteiger partial charge in [-0.25, -0.2) is 0 Å². The zero-order valence-corrected chi connectivity index (χ0v) is 19.3. The quantitative estimate of drug-likeness (QED) is 0.593. The fourth-order valence-electron chi connectivity index (χ4n) is 4.26. The first-order valence-corrected chi connectivity index (χ1v) is 11.7. The molecule has 0 heterocycles. The molecule has 1 saturated carbocycles. The maximum Gasteiger partial charge on any atom is 0.243 e. The zero-order valence-electron chi connectivity index (χ0n) is 18.6. The average Bonchev–Trinajstić information content (AvgIpc) is 2.77. The molecule has 0 bridgehead atoms. The van der Waals surface area contributed by atoms with Gasteiger partial charge < -0.3 is 10.2 Å². The average molecular weight is 441 g/mol. The lowest BCUT2D eigenvalue weighted by molar-refractivity contribution is -0.141. The van der Waals surface area contributed by atoms with Crippen LogP contribution in [0.3, 0.4) is 0 Å². The maximum absolute atomic E-state index is 13.4. The highest BCUT2D eigenvalue weighted by Gasteiger charge is 2.30. The summed E-state index contributed by atoms with van der Waals surface area (Å²) in [7, 11) is 0. The molecule has 4 nitrogen and oxygen atoms in total. The lowest BCUT2D eigenvalue weighted by Gasteiger charge is -2.33. The normalized spacial score (nSPS) is 15.3. The molecule has 1 aliphatic rings. The van der Waals surface area contributed by atoms with Crippen LogP contribution in [0.15, 0.2) is 48.5 Å². The molecule has 2 aromatic rings. The van der Waals surface area contributed by atoms with Crippen LogP contribution in [0.4, 0.5) is 0 Å². The second-order valence-electron chi connectivity index (χ2n) is 8.54. The van der Waals surface area contributed by atoms with Gasteiger partial charge in [-0.1, -0.05) is 85.8 Å². The predicted octanol–water partition coefficient (Wildman–Crippen LogP) is 5.45. The van der Waals surface area contributed by atoms with Crippen LogP contribution in [0.5, 0.6) is 0 Å². The molecule has 5 heteroatoms. The van der Waals surface area contributed by atoms with Crippen molar-refractivity contribution in [2.75, 3.05) is 0 Å². The van der Waals surface area contributed by atoms with Crippen molar-refractivity contribution in [3.63, 3.8) is 0 Å². The van der Waals surface area contributed by atoms with E-state index in [1.807, 2.05) is 62.4 Å². The first kappa shape index (κ1) is 23.3. The van der Waals surface area contributed by atoms with Gasteiger partial charge in [0.1, 0.15) is 6.04 Å². The van der Waals surface area contributed by atoms with Gasteiger partial charge in [0.25, 0.3) is 0 Å². The predicted molar refractivity (Wildman–Crippen MR) is 126 cm³/mol. The molecule has 31 heavy (non-hydrogen) atoms. The van der Waals surface area contributed by atoms with E-state index in [9.17, 15) is 9.59 Å². The Morgan fingerprint density at radius 2 is 1.74 bits per heavy atom. The third kappa shape index (κ3) is 6.57. The van der Waals surface area contributed by atoms with Crippen LogP contribution >= 0.6 is 11.6 Å². The summed E-state index contributed by atoms with van der Waals surface area (Å²) in [4.78, 5) is 28.3. The fraction of sp³-hybridized carbons (Fsp3) is 0.462. The minimum atomic E-state index is -0.517. The summed E-state index contributed by atoms with van der Waals surface area (Å²) in [5.74, 6) is -0.117. The van der Waals surface area contributed by atoms with Gasteiger partial charge in [0.2, 0.25) is 11.8 Å². The second kappa shape index (κ2) is 11.3. The molecule has 1 fully saturated rings. The van der Waals surface area contributed by atoms with Crippen LogP contribution in [-0.4, -0.2) is 28.8 Å². The Labute approximate surface area is 191 Å². The third-order valence-corrected chi connectivity index (χ3v) is 6.48. The number of nitrogens with one attached hydrogen (secondary N) is 1. The highest BCUT2D eigenvalue weighted by molar-refractivity contribution is 6.31. The number of carbonyl (C=O) groups is 2. The van der Waals surface area contributed by atoms with Crippen LogP contribution < -0.4 is 5.32 Å². The van der Waals surface area contributed by atoms with Crippen LogP contribution in [0.1, 0.15) is 62.1 Å². The molecule has 0 saturated heterocycles. The topological polar surface area (TPSA) is 49.4 Å². The number of hydrogen-bond acceptors (Lipinski definition) is 2. The van der Waals surface area contributed by atoms with E-state index in [1.54, 1.807) is 4.90 Å². The largest absolute Gasteiger partial charge is 0.352 e. The first-order chi connectivity index (χ1) is 15.0. The van der Waals surface area contributed by atoms with Gasteiger partial charge in [-0.15, -0.1) is 0 Å². The number of rotatable bonds is 8. The number of hydrogen-bond donors (Lipinski definition) is 1. The summed E-state index contributed by atoms with van der Waals surface area (Å²) in [5, 5.41) is 3.82. The summed E-state index contributed by atoms with van der Waals surface area (Å²) in [5.41, 5.74) is 2.95. The molecule has 1 unspecified atom stereocenters. The van der Waals surface area contributed by atoms with Crippen molar-refractivity contribution in [1.82, 2.24) is 10.2 Å². The molecular weight excluding hydrogens is 408 g/mol. The zero-order chi connectivity index (χ0) is 22.2. The van der Waals surface area contributed by atoms with Crippen molar-refractivity contribution < 1.29 is 9.59 Å². The Morgan fingerprint density at radius 1 is 1.06 bits per heavy atom. The smallest absolute Gasteiger partial charge is 0.243 e. The van der Waals surface area contributed by atoms with E-state index in [2.05, 4.69) is 5.32 Å². The number of nitrogens with zero attached hydrogens (tertiary/aromatic N) is 1. The minimum absolute atomic E-state index is 0.0568. The summed E-state index contributed by atoms with van der Waals surface area (Å²) in [6.45, 7) is 4.31. The van der Waals surface area contributed by atoms with Gasteiger partial charge >= 0.3 is 0 Å². The molecule has 0 aliphatic heterocycles. The Kier molecular flexibility index (Phi) is 8.53. The number of amides is 2. The van der Waals surface area contributed by atoms with Crippen LogP contribution in [0.2, 0.25) is 5.02 Å². The van der Waals surface area contributed by atoms with Gasteiger partial charge in [0.05, 0.1) is 6.42 Å². The fourth-order valence-corrected chi connectivity index (χ4v) is 4.45. The third-order valence-electron chi connectivity index (χ3n) is 6.11. The number of benzene rings is 2. The Balaban J connectivity index is 1.81. The molecule has 166 valence electrons. The molecule has 2 aromatic carbocycles. The molecular formula is C26H33ClN2O2. The first-order valence-electron chi connectivity index (χ1n) is 11.4. The second-order valence-corrected chi connectivity index (χ2v) is 8.95. The van der Waals surface area contributed by atoms with E-state index in [4.69, 9.17) is 11.6 Å². The minimum Gasteiger partial charge on any atom is -0.352 e. The van der Waals surface area contributed by atoms with Crippen LogP contribution in [0.25, 0.3) is 0 Å². The summed E-state index contributed by atoms with van der Waals surface area (Å²) >= 11 is 6.40. The van der Waals surface area contributed by atoms with Crippen LogP contribution in [0, 0.1) is 6.92 Å². The standard InChI is InChI=1S/C26H33ClN2O2/c1-3-24(26(31)28-22-10-5-4-6-11-22)29(18-21-9-7-8-12-23(21)27)25(30)17-20-15-13-19(2)14-16-20/h7-9,12-16,22,24H,3-6,10-11,17-18H2,1-2H3,(H,28,31). The molecule has 2 amide bonds. The molecule has 0 spiro atoms. The highest BCUT2D eigenvalue weighted by Crippen LogP contribution is 2.22. The monoisotopic (exact) mass is 440 g/mol. The number of aryl methyl sites for hydroxylation is 1. The van der Waals surface area contributed by atoms with Crippen molar-refractivity contribution in [2.45, 2.75) is 77.4 Å². The van der Waals surface area contributed by atoms with Crippen molar-refractivity contribution in [2.24, 2.45) is 0 Å². The Morgan fingerprint density at radius 3 is 2.39 bits per heavy atom. The lowest BCUT2D eigenvalue weighted by atomic mass is 9.95. The SMILES string of the molecule is CCC(C(=O)NC1CCCCC1)N(Cc1ccccc1Cl)C(=O)Cc1ccc(C)cc1. The Bertz CT molecular complexity index is 875. The summed E-state index contributed by atoms with van der Waals surface area (Å²) in [6, 6.07) is 15.2. The highest BCUT2D eigenvalue weighted by atomic mass is 35.5. The van der Waals surface area contributed by atoms with E-state index >= 15 is 0 Å². The van der Waals surface area contributed by atoms with E-state index in [-0.39, 0.29) is 24.3 Å². The van der Waals surface area contributed by atoms with E-state index in [0.29, 0.717) is 18.0 Å². The molecule has 3 rings (SSSR count). The molecule has 1 atom stereocenters. The van der Waals surface area contributed by atoms with Gasteiger partial charge in [-0.05, 0) is 43.4 Å². The van der Waals surface area contributed by atoms with Crippen molar-refractivity contribution in [1.29, 1.82) is 0 Å². The van der Waals surface area contributed by atoms with Gasteiger partial charge in [0.15, 0.2) is 0 Å². The molecule has 1 N–H and O–H groups in total. The molecule has 0 radical (unpaired) electrons. The lowest BCUT2D eigenvalue weighted by Crippen LogP contribution is -2.52. The van der Waals surface area contributed by atoms with E-state index < -0.39 is 6.04 Å². The maximum atomic E-state index is 13.4. The van der Waals surface area contributed by atoms with Gasteiger partial charge in [-0.2, -0.15) is 0 Å². The number of halogens is 1. The molecule has 0 aromatic heterocycles. The van der Waals surface area contributed by atoms with E-state index in [0.717, 1.165) is 42.4 Å². The van der Waals surface area contributed by atoms with E-state index in [1.165, 1.54) is 6.42 Å². The van der Waals surface area contributed by atoms with Crippen molar-refractivity contribution in [3.8, 4) is 0 Å². The summed E-state index contributed by atoms with van der Waals surface area (Å²) in [6.07, 6.45) is 6.39. The summed E-state index contributed by atoms with van der Waals surface area (Å²) < 4.78 is 0. The van der Waals surface area contributed by atoms with Gasteiger partial charge in [0, 0.05) is 17.6 Å². The number of carbonyl (C=O) groups excluding carboxylic acids is 2. The van der Waals surface area contributed by atoms with Crippen molar-refractivity contribution >= 4 is 23.4 Å². The van der Waals surface area contributed by atoms with Crippen molar-refractivity contribution in [3.05, 3.63) is 70.2 Å².